The van der Waals surface area contributed by atoms with Crippen molar-refractivity contribution in [2.45, 2.75) is 11.0 Å². The summed E-state index contributed by atoms with van der Waals surface area (Å²) in [4.78, 5) is 12.4. The van der Waals surface area contributed by atoms with Crippen molar-refractivity contribution in [3.05, 3.63) is 87.9 Å². The summed E-state index contributed by atoms with van der Waals surface area (Å²) in [6, 6.07) is 17.2. The van der Waals surface area contributed by atoms with Crippen molar-refractivity contribution in [2.24, 2.45) is 0 Å². The first-order valence-electron chi connectivity index (χ1n) is 9.37. The van der Waals surface area contributed by atoms with Crippen LogP contribution in [0.5, 0.6) is 5.75 Å². The van der Waals surface area contributed by atoms with Gasteiger partial charge in [0.05, 0.1) is 18.6 Å². The molecule has 0 saturated carbocycles. The Bertz CT molecular complexity index is 1230. The Labute approximate surface area is 196 Å². The van der Waals surface area contributed by atoms with Gasteiger partial charge in [0.2, 0.25) is 15.9 Å². The van der Waals surface area contributed by atoms with E-state index in [1.807, 2.05) is 0 Å². The molecule has 1 amide bonds. The molecule has 7 nitrogen and oxygen atoms in total. The van der Waals surface area contributed by atoms with Gasteiger partial charge in [0, 0.05) is 32.9 Å². The molecule has 168 valence electrons. The van der Waals surface area contributed by atoms with E-state index in [4.69, 9.17) is 27.9 Å². The molecule has 0 heterocycles. The lowest BCUT2D eigenvalue weighted by Crippen LogP contribution is -2.33. The number of aliphatic hydroxyl groups is 1. The lowest BCUT2D eigenvalue weighted by Gasteiger charge is -2.18. The summed E-state index contributed by atoms with van der Waals surface area (Å²) in [6.45, 7) is -0.524. The van der Waals surface area contributed by atoms with Gasteiger partial charge in [-0.3, -0.25) is 4.79 Å². The Morgan fingerprint density at radius 2 is 1.78 bits per heavy atom. The van der Waals surface area contributed by atoms with E-state index >= 15 is 0 Å². The SMILES string of the molecule is COc1cccc(S(=O)(=O)NCC(=O)Nc2ccc(Cl)cc2C(O)c2ccccc2Cl)c1. The van der Waals surface area contributed by atoms with Crippen LogP contribution in [0.1, 0.15) is 17.2 Å². The van der Waals surface area contributed by atoms with Crippen LogP contribution in [0.4, 0.5) is 5.69 Å². The monoisotopic (exact) mass is 494 g/mol. The van der Waals surface area contributed by atoms with Crippen LogP contribution in [-0.2, 0) is 14.8 Å². The highest BCUT2D eigenvalue weighted by Crippen LogP contribution is 2.34. The molecule has 0 aromatic heterocycles. The summed E-state index contributed by atoms with van der Waals surface area (Å²) < 4.78 is 32.2. The highest BCUT2D eigenvalue weighted by Gasteiger charge is 2.20. The molecule has 0 spiro atoms. The van der Waals surface area contributed by atoms with E-state index in [0.29, 0.717) is 26.9 Å². The Morgan fingerprint density at radius 1 is 1.03 bits per heavy atom. The van der Waals surface area contributed by atoms with Crippen LogP contribution in [0.3, 0.4) is 0 Å². The molecule has 3 aromatic carbocycles. The second-order valence-electron chi connectivity index (χ2n) is 6.71. The van der Waals surface area contributed by atoms with Gasteiger partial charge >= 0.3 is 0 Å². The summed E-state index contributed by atoms with van der Waals surface area (Å²) in [7, 11) is -2.52. The first-order chi connectivity index (χ1) is 15.2. The number of nitrogens with one attached hydrogen (secondary N) is 2. The van der Waals surface area contributed by atoms with Gasteiger partial charge in [-0.25, -0.2) is 13.1 Å². The first kappa shape index (κ1) is 24.0. The van der Waals surface area contributed by atoms with Gasteiger partial charge in [-0.2, -0.15) is 0 Å². The molecule has 3 aromatic rings. The fourth-order valence-corrected chi connectivity index (χ4v) is 4.38. The van der Waals surface area contributed by atoms with Gasteiger partial charge in [0.1, 0.15) is 11.9 Å². The summed E-state index contributed by atoms with van der Waals surface area (Å²) in [5.74, 6) is -0.261. The number of ether oxygens (including phenoxy) is 1. The fourth-order valence-electron chi connectivity index (χ4n) is 2.94. The molecule has 32 heavy (non-hydrogen) atoms. The molecule has 0 fully saturated rings. The average molecular weight is 495 g/mol. The minimum absolute atomic E-state index is 0.0361. The van der Waals surface area contributed by atoms with Crippen molar-refractivity contribution in [3.63, 3.8) is 0 Å². The van der Waals surface area contributed by atoms with E-state index < -0.39 is 28.6 Å². The predicted molar refractivity (Wildman–Crippen MR) is 124 cm³/mol. The minimum Gasteiger partial charge on any atom is -0.497 e. The van der Waals surface area contributed by atoms with E-state index in [2.05, 4.69) is 10.0 Å². The van der Waals surface area contributed by atoms with Gasteiger partial charge in [0.25, 0.3) is 0 Å². The maximum absolute atomic E-state index is 12.5. The molecule has 3 rings (SSSR count). The van der Waals surface area contributed by atoms with Gasteiger partial charge < -0.3 is 15.2 Å². The zero-order valence-electron chi connectivity index (χ0n) is 16.9. The number of sulfonamides is 1. The van der Waals surface area contributed by atoms with Crippen molar-refractivity contribution in [1.82, 2.24) is 4.72 Å². The maximum Gasteiger partial charge on any atom is 0.241 e. The average Bonchev–Trinajstić information content (AvgIpc) is 2.79. The van der Waals surface area contributed by atoms with Crippen LogP contribution in [0.2, 0.25) is 10.0 Å². The first-order valence-corrected chi connectivity index (χ1v) is 11.6. The smallest absolute Gasteiger partial charge is 0.241 e. The molecule has 1 unspecified atom stereocenters. The third kappa shape index (κ3) is 5.79. The third-order valence-corrected chi connectivity index (χ3v) is 6.53. The molecule has 0 aliphatic carbocycles. The molecule has 0 radical (unpaired) electrons. The quantitative estimate of drug-likeness (QED) is 0.438. The molecular weight excluding hydrogens is 475 g/mol. The van der Waals surface area contributed by atoms with Crippen molar-refractivity contribution in [3.8, 4) is 5.75 Å². The van der Waals surface area contributed by atoms with Crippen LogP contribution in [0.15, 0.2) is 71.6 Å². The number of rotatable bonds is 8. The number of methoxy groups -OCH3 is 1. The fraction of sp³-hybridized carbons (Fsp3) is 0.136. The molecule has 10 heteroatoms. The standard InChI is InChI=1S/C22H20Cl2N2O5S/c1-31-15-5-4-6-16(12-15)32(29,30)25-13-21(27)26-20-10-9-14(23)11-18(20)22(28)17-7-2-3-8-19(17)24/h2-12,22,25,28H,13H2,1H3,(H,26,27). The lowest BCUT2D eigenvalue weighted by atomic mass is 9.99. The van der Waals surface area contributed by atoms with Gasteiger partial charge in [-0.15, -0.1) is 0 Å². The van der Waals surface area contributed by atoms with Crippen LogP contribution >= 0.6 is 23.2 Å². The van der Waals surface area contributed by atoms with Crippen molar-refractivity contribution in [1.29, 1.82) is 0 Å². The van der Waals surface area contributed by atoms with Gasteiger partial charge in [-0.05, 0) is 36.4 Å². The largest absolute Gasteiger partial charge is 0.497 e. The summed E-state index contributed by atoms with van der Waals surface area (Å²) in [5, 5.41) is 14.1. The highest BCUT2D eigenvalue weighted by atomic mass is 35.5. The highest BCUT2D eigenvalue weighted by molar-refractivity contribution is 7.89. The molecule has 0 aliphatic rings. The second-order valence-corrected chi connectivity index (χ2v) is 9.32. The van der Waals surface area contributed by atoms with Crippen LogP contribution in [-0.4, -0.2) is 33.1 Å². The van der Waals surface area contributed by atoms with E-state index in [9.17, 15) is 18.3 Å². The van der Waals surface area contributed by atoms with Crippen LogP contribution in [0.25, 0.3) is 0 Å². The number of hydrogen-bond acceptors (Lipinski definition) is 5. The predicted octanol–water partition coefficient (Wildman–Crippen LogP) is 4.00. The van der Waals surface area contributed by atoms with Crippen LogP contribution < -0.4 is 14.8 Å². The normalized spacial score (nSPS) is 12.2. The summed E-state index contributed by atoms with van der Waals surface area (Å²) >= 11 is 12.3. The number of amides is 1. The zero-order valence-corrected chi connectivity index (χ0v) is 19.2. The number of carbonyl (C=O) groups excluding carboxylic acids is 1. The number of benzene rings is 3. The summed E-state index contributed by atoms with van der Waals surface area (Å²) in [6.07, 6.45) is -1.16. The van der Waals surface area contributed by atoms with E-state index in [-0.39, 0.29) is 10.6 Å². The molecule has 0 bridgehead atoms. The van der Waals surface area contributed by atoms with Crippen molar-refractivity contribution in [2.75, 3.05) is 19.0 Å². The molecule has 1 atom stereocenters. The molecular formula is C22H20Cl2N2O5S. The Kier molecular flexibility index (Phi) is 7.76. The van der Waals surface area contributed by atoms with E-state index in [1.54, 1.807) is 36.4 Å². The lowest BCUT2D eigenvalue weighted by molar-refractivity contribution is -0.115. The van der Waals surface area contributed by atoms with Crippen molar-refractivity contribution < 1.29 is 23.1 Å². The van der Waals surface area contributed by atoms with E-state index in [0.717, 1.165) is 0 Å². The van der Waals surface area contributed by atoms with Gasteiger partial charge in [-0.1, -0.05) is 47.5 Å². The topological polar surface area (TPSA) is 105 Å². The number of anilines is 1. The second kappa shape index (κ2) is 10.3. The number of hydrogen-bond donors (Lipinski definition) is 3. The number of carbonyl (C=O) groups is 1. The molecule has 0 saturated heterocycles. The Morgan fingerprint density at radius 3 is 2.50 bits per heavy atom. The Hall–Kier alpha value is -2.62. The van der Waals surface area contributed by atoms with Crippen molar-refractivity contribution >= 4 is 44.8 Å². The zero-order chi connectivity index (χ0) is 23.3. The number of aliphatic hydroxyl groups excluding tert-OH is 1. The van der Waals surface area contributed by atoms with E-state index in [1.165, 1.54) is 37.4 Å². The van der Waals surface area contributed by atoms with Crippen LogP contribution in [0, 0.1) is 0 Å². The van der Waals surface area contributed by atoms with Gasteiger partial charge in [0.15, 0.2) is 0 Å². The number of halogens is 2. The third-order valence-electron chi connectivity index (χ3n) is 4.56. The molecule has 0 aliphatic heterocycles. The summed E-state index contributed by atoms with van der Waals surface area (Å²) in [5.41, 5.74) is 1.02. The minimum atomic E-state index is -3.94. The maximum atomic E-state index is 12.5. The Balaban J connectivity index is 1.76. The molecule has 3 N–H and O–H groups in total.